The summed E-state index contributed by atoms with van der Waals surface area (Å²) in [7, 11) is 0. The van der Waals surface area contributed by atoms with Crippen molar-refractivity contribution in [3.05, 3.63) is 81.0 Å². The zero-order valence-electron chi connectivity index (χ0n) is 13.4. The number of benzene rings is 2. The van der Waals surface area contributed by atoms with E-state index in [1.807, 2.05) is 30.3 Å². The summed E-state index contributed by atoms with van der Waals surface area (Å²) in [6.07, 6.45) is 1.33. The number of aromatic nitrogens is 3. The van der Waals surface area contributed by atoms with E-state index in [-0.39, 0.29) is 11.4 Å². The largest absolute Gasteiger partial charge is 0.296 e. The number of nitro groups is 1. The van der Waals surface area contributed by atoms with Crippen LogP contribution in [-0.4, -0.2) is 25.8 Å². The summed E-state index contributed by atoms with van der Waals surface area (Å²) in [6, 6.07) is 16.0. The molecule has 26 heavy (non-hydrogen) atoms. The lowest BCUT2D eigenvalue weighted by molar-refractivity contribution is -0.384. The van der Waals surface area contributed by atoms with Gasteiger partial charge < -0.3 is 0 Å². The zero-order valence-corrected chi connectivity index (χ0v) is 14.2. The number of nitrogens with zero attached hydrogens (tertiary/aromatic N) is 4. The minimum atomic E-state index is -0.473. The lowest BCUT2D eigenvalue weighted by atomic mass is 10.1. The van der Waals surface area contributed by atoms with E-state index in [0.717, 1.165) is 10.6 Å². The maximum atomic E-state index is 11.6. The van der Waals surface area contributed by atoms with E-state index >= 15 is 0 Å². The van der Waals surface area contributed by atoms with E-state index in [1.165, 1.54) is 28.0 Å². The summed E-state index contributed by atoms with van der Waals surface area (Å²) in [4.78, 5) is 27.2. The highest BCUT2D eigenvalue weighted by molar-refractivity contribution is 7.16. The highest BCUT2D eigenvalue weighted by Crippen LogP contribution is 2.29. The molecule has 8 heteroatoms. The molecule has 0 aliphatic carbocycles. The number of nitro benzene ring substituents is 1. The SMILES string of the molecule is O=Cc1c(-c2cccc([N+](=O)[O-])c2)nc2sc(Cc3ccccc3)nn12. The van der Waals surface area contributed by atoms with Crippen LogP contribution < -0.4 is 0 Å². The number of carbonyl (C=O) groups excluding carboxylic acids is 1. The highest BCUT2D eigenvalue weighted by atomic mass is 32.1. The molecule has 0 radical (unpaired) electrons. The van der Waals surface area contributed by atoms with Gasteiger partial charge in [0.15, 0.2) is 6.29 Å². The van der Waals surface area contributed by atoms with E-state index in [2.05, 4.69) is 10.1 Å². The monoisotopic (exact) mass is 364 g/mol. The normalized spacial score (nSPS) is 10.9. The van der Waals surface area contributed by atoms with Crippen LogP contribution in [-0.2, 0) is 6.42 Å². The van der Waals surface area contributed by atoms with Crippen LogP contribution in [0.15, 0.2) is 54.6 Å². The summed E-state index contributed by atoms with van der Waals surface area (Å²) < 4.78 is 1.50. The summed E-state index contributed by atoms with van der Waals surface area (Å²) >= 11 is 1.40. The first-order chi connectivity index (χ1) is 12.7. The van der Waals surface area contributed by atoms with Gasteiger partial charge in [0.2, 0.25) is 4.96 Å². The molecule has 7 nitrogen and oxygen atoms in total. The Balaban J connectivity index is 1.76. The molecule has 0 aliphatic heterocycles. The van der Waals surface area contributed by atoms with Crippen LogP contribution >= 0.6 is 11.3 Å². The van der Waals surface area contributed by atoms with Gasteiger partial charge >= 0.3 is 0 Å². The predicted molar refractivity (Wildman–Crippen MR) is 97.6 cm³/mol. The molecule has 2 aromatic heterocycles. The number of carbonyl (C=O) groups is 1. The van der Waals surface area contributed by atoms with Crippen molar-refractivity contribution in [1.29, 1.82) is 0 Å². The maximum Gasteiger partial charge on any atom is 0.270 e. The van der Waals surface area contributed by atoms with Crippen molar-refractivity contribution >= 4 is 28.3 Å². The number of hydrogen-bond donors (Lipinski definition) is 0. The molecule has 0 atom stereocenters. The third-order valence-electron chi connectivity index (χ3n) is 3.92. The van der Waals surface area contributed by atoms with Gasteiger partial charge in [0.1, 0.15) is 16.4 Å². The molecule has 0 bridgehead atoms. The van der Waals surface area contributed by atoms with E-state index in [1.54, 1.807) is 12.1 Å². The van der Waals surface area contributed by atoms with Gasteiger partial charge in [-0.15, -0.1) is 0 Å². The molecule has 0 N–H and O–H groups in total. The molecule has 2 aromatic carbocycles. The fourth-order valence-electron chi connectivity index (χ4n) is 2.73. The third-order valence-corrected chi connectivity index (χ3v) is 4.83. The average Bonchev–Trinajstić information content (AvgIpc) is 3.19. The molecule has 4 rings (SSSR count). The van der Waals surface area contributed by atoms with Crippen molar-refractivity contribution in [1.82, 2.24) is 14.6 Å². The molecule has 0 saturated heterocycles. The van der Waals surface area contributed by atoms with Crippen molar-refractivity contribution in [3.8, 4) is 11.3 Å². The Labute approximate surface area is 151 Å². The van der Waals surface area contributed by atoms with Crippen LogP contribution in [0.5, 0.6) is 0 Å². The lowest BCUT2D eigenvalue weighted by Gasteiger charge is -1.99. The Hall–Kier alpha value is -3.39. The van der Waals surface area contributed by atoms with Gasteiger partial charge in [-0.2, -0.15) is 9.61 Å². The van der Waals surface area contributed by atoms with Crippen LogP contribution in [0.4, 0.5) is 5.69 Å². The molecule has 0 aliphatic rings. The molecular formula is C18H12N4O3S. The number of hydrogen-bond acceptors (Lipinski definition) is 6. The minimum Gasteiger partial charge on any atom is -0.296 e. The molecule has 0 saturated carbocycles. The average molecular weight is 364 g/mol. The maximum absolute atomic E-state index is 11.6. The van der Waals surface area contributed by atoms with E-state index in [9.17, 15) is 14.9 Å². The van der Waals surface area contributed by atoms with Gasteiger partial charge in [0, 0.05) is 24.1 Å². The minimum absolute atomic E-state index is 0.0478. The Morgan fingerprint density at radius 2 is 1.96 bits per heavy atom. The van der Waals surface area contributed by atoms with Crippen molar-refractivity contribution in [2.24, 2.45) is 0 Å². The summed E-state index contributed by atoms with van der Waals surface area (Å²) in [5, 5.41) is 16.3. The van der Waals surface area contributed by atoms with Crippen LogP contribution in [0.2, 0.25) is 0 Å². The standard InChI is InChI=1S/C18H12N4O3S/c23-11-15-17(13-7-4-8-14(10-13)22(24)25)19-18-21(15)20-16(26-18)9-12-5-2-1-3-6-12/h1-8,10-11H,9H2. The van der Waals surface area contributed by atoms with Gasteiger partial charge in [0.05, 0.1) is 4.92 Å². The molecule has 4 aromatic rings. The van der Waals surface area contributed by atoms with E-state index in [0.29, 0.717) is 28.9 Å². The summed E-state index contributed by atoms with van der Waals surface area (Å²) in [6.45, 7) is 0. The van der Waals surface area contributed by atoms with Gasteiger partial charge in [-0.3, -0.25) is 14.9 Å². The van der Waals surface area contributed by atoms with Gasteiger partial charge in [0.25, 0.3) is 5.69 Å². The van der Waals surface area contributed by atoms with E-state index < -0.39 is 4.92 Å². The number of aldehydes is 1. The Morgan fingerprint density at radius 3 is 2.69 bits per heavy atom. The summed E-state index contributed by atoms with van der Waals surface area (Å²) in [5.41, 5.74) is 2.28. The quantitative estimate of drug-likeness (QED) is 0.305. The van der Waals surface area contributed by atoms with Crippen LogP contribution in [0.25, 0.3) is 16.2 Å². The lowest BCUT2D eigenvalue weighted by Crippen LogP contribution is -1.96. The molecule has 128 valence electrons. The topological polar surface area (TPSA) is 90.4 Å². The molecule has 0 unspecified atom stereocenters. The fraction of sp³-hybridized carbons (Fsp3) is 0.0556. The van der Waals surface area contributed by atoms with E-state index in [4.69, 9.17) is 0 Å². The second kappa shape index (κ2) is 6.49. The van der Waals surface area contributed by atoms with Crippen molar-refractivity contribution in [3.63, 3.8) is 0 Å². The second-order valence-corrected chi connectivity index (χ2v) is 6.66. The van der Waals surface area contributed by atoms with Crippen LogP contribution in [0.1, 0.15) is 21.1 Å². The van der Waals surface area contributed by atoms with Crippen LogP contribution in [0, 0.1) is 10.1 Å². The molecule has 0 amide bonds. The fourth-order valence-corrected chi connectivity index (χ4v) is 3.67. The first kappa shape index (κ1) is 16.1. The van der Waals surface area contributed by atoms with Gasteiger partial charge in [-0.05, 0) is 5.56 Å². The third kappa shape index (κ3) is 2.86. The highest BCUT2D eigenvalue weighted by Gasteiger charge is 2.19. The number of non-ortho nitro benzene ring substituents is 1. The first-order valence-electron chi connectivity index (χ1n) is 7.78. The van der Waals surface area contributed by atoms with Gasteiger partial charge in [-0.25, -0.2) is 4.98 Å². The molecule has 0 spiro atoms. The first-order valence-corrected chi connectivity index (χ1v) is 8.60. The van der Waals surface area contributed by atoms with Crippen LogP contribution in [0.3, 0.4) is 0 Å². The molecule has 2 heterocycles. The predicted octanol–water partition coefficient (Wildman–Crippen LogP) is 3.77. The van der Waals surface area contributed by atoms with Gasteiger partial charge in [-0.1, -0.05) is 53.8 Å². The van der Waals surface area contributed by atoms with Crippen molar-refractivity contribution in [2.45, 2.75) is 6.42 Å². The Morgan fingerprint density at radius 1 is 1.15 bits per heavy atom. The second-order valence-electron chi connectivity index (χ2n) is 5.62. The Kier molecular flexibility index (Phi) is 4.02. The smallest absolute Gasteiger partial charge is 0.270 e. The zero-order chi connectivity index (χ0) is 18.1. The number of imidazole rings is 1. The molecule has 0 fully saturated rings. The van der Waals surface area contributed by atoms with Crippen molar-refractivity contribution in [2.75, 3.05) is 0 Å². The molecular weight excluding hydrogens is 352 g/mol. The number of fused-ring (bicyclic) bond motifs is 1. The number of rotatable bonds is 5. The summed E-state index contributed by atoms with van der Waals surface area (Å²) in [5.74, 6) is 0. The van der Waals surface area contributed by atoms with Crippen molar-refractivity contribution < 1.29 is 9.72 Å². The Bertz CT molecular complexity index is 1120.